The van der Waals surface area contributed by atoms with E-state index in [1.807, 2.05) is 31.2 Å². The highest BCUT2D eigenvalue weighted by Crippen LogP contribution is 2.23. The van der Waals surface area contributed by atoms with Crippen molar-refractivity contribution in [2.24, 2.45) is 5.92 Å². The van der Waals surface area contributed by atoms with Gasteiger partial charge in [-0.15, -0.1) is 0 Å². The highest BCUT2D eigenvalue weighted by molar-refractivity contribution is 7.89. The minimum atomic E-state index is -3.24. The number of benzene rings is 1. The van der Waals surface area contributed by atoms with Gasteiger partial charge in [0, 0.05) is 13.1 Å². The molecule has 140 valence electrons. The Labute approximate surface area is 150 Å². The van der Waals surface area contributed by atoms with Crippen LogP contribution < -0.4 is 10.1 Å². The molecule has 0 spiro atoms. The van der Waals surface area contributed by atoms with Crippen molar-refractivity contribution < 1.29 is 17.9 Å². The molecule has 0 bridgehead atoms. The third-order valence-electron chi connectivity index (χ3n) is 4.76. The summed E-state index contributed by atoms with van der Waals surface area (Å²) in [4.78, 5) is 12.7. The zero-order valence-electron chi connectivity index (χ0n) is 15.2. The minimum absolute atomic E-state index is 0.0707. The topological polar surface area (TPSA) is 75.7 Å². The lowest BCUT2D eigenvalue weighted by atomic mass is 9.97. The van der Waals surface area contributed by atoms with Crippen LogP contribution in [-0.2, 0) is 14.8 Å². The molecule has 25 heavy (non-hydrogen) atoms. The van der Waals surface area contributed by atoms with Crippen LogP contribution >= 0.6 is 0 Å². The highest BCUT2D eigenvalue weighted by atomic mass is 32.2. The molecule has 0 radical (unpaired) electrons. The van der Waals surface area contributed by atoms with Crippen molar-refractivity contribution in [2.45, 2.75) is 39.2 Å². The second-order valence-electron chi connectivity index (χ2n) is 6.34. The molecule has 2 rings (SSSR count). The quantitative estimate of drug-likeness (QED) is 0.801. The number of nitrogens with one attached hydrogen (secondary N) is 1. The Morgan fingerprint density at radius 1 is 1.32 bits per heavy atom. The SMILES string of the molecule is CC[C@H](NC(=O)[C@@H]1CCCN(S(=O)(=O)CC)C1)c1ccc(OC)cc1. The number of hydrogen-bond donors (Lipinski definition) is 1. The summed E-state index contributed by atoms with van der Waals surface area (Å²) in [5.74, 6) is 0.490. The van der Waals surface area contributed by atoms with Crippen LogP contribution in [0.3, 0.4) is 0 Å². The summed E-state index contributed by atoms with van der Waals surface area (Å²) < 4.78 is 30.7. The van der Waals surface area contributed by atoms with Crippen LogP contribution in [0.1, 0.15) is 44.7 Å². The van der Waals surface area contributed by atoms with Gasteiger partial charge < -0.3 is 10.1 Å². The van der Waals surface area contributed by atoms with E-state index < -0.39 is 10.0 Å². The van der Waals surface area contributed by atoms with Gasteiger partial charge in [-0.25, -0.2) is 12.7 Å². The molecule has 0 aliphatic carbocycles. The van der Waals surface area contributed by atoms with E-state index in [1.54, 1.807) is 14.0 Å². The van der Waals surface area contributed by atoms with Crippen LogP contribution in [0.2, 0.25) is 0 Å². The molecule has 1 fully saturated rings. The van der Waals surface area contributed by atoms with Gasteiger partial charge in [0.25, 0.3) is 0 Å². The highest BCUT2D eigenvalue weighted by Gasteiger charge is 2.32. The number of piperidine rings is 1. The van der Waals surface area contributed by atoms with Crippen LogP contribution in [0, 0.1) is 5.92 Å². The first-order valence-corrected chi connectivity index (χ1v) is 10.4. The first-order chi connectivity index (χ1) is 11.9. The lowest BCUT2D eigenvalue weighted by Gasteiger charge is -2.32. The zero-order valence-corrected chi connectivity index (χ0v) is 16.0. The Kier molecular flexibility index (Phi) is 6.84. The summed E-state index contributed by atoms with van der Waals surface area (Å²) in [7, 11) is -1.62. The summed E-state index contributed by atoms with van der Waals surface area (Å²) in [5.41, 5.74) is 1.02. The van der Waals surface area contributed by atoms with Crippen molar-refractivity contribution in [3.05, 3.63) is 29.8 Å². The van der Waals surface area contributed by atoms with E-state index in [1.165, 1.54) is 4.31 Å². The molecule has 1 aliphatic rings. The second kappa shape index (κ2) is 8.67. The fraction of sp³-hybridized carbons (Fsp3) is 0.611. The van der Waals surface area contributed by atoms with Gasteiger partial charge in [0.15, 0.2) is 0 Å². The maximum absolute atomic E-state index is 12.7. The molecule has 2 atom stereocenters. The van der Waals surface area contributed by atoms with Gasteiger partial charge in [0.05, 0.1) is 24.8 Å². The molecular formula is C18H28N2O4S. The van der Waals surface area contributed by atoms with Crippen molar-refractivity contribution in [1.29, 1.82) is 0 Å². The number of nitrogens with zero attached hydrogens (tertiary/aromatic N) is 1. The predicted octanol–water partition coefficient (Wildman–Crippen LogP) is 2.32. The monoisotopic (exact) mass is 368 g/mol. The molecular weight excluding hydrogens is 340 g/mol. The van der Waals surface area contributed by atoms with Gasteiger partial charge in [-0.3, -0.25) is 4.79 Å². The van der Waals surface area contributed by atoms with E-state index >= 15 is 0 Å². The van der Waals surface area contributed by atoms with Crippen LogP contribution in [0.15, 0.2) is 24.3 Å². The molecule has 1 aromatic rings. The van der Waals surface area contributed by atoms with E-state index in [0.717, 1.165) is 30.6 Å². The van der Waals surface area contributed by atoms with E-state index in [9.17, 15) is 13.2 Å². The number of ether oxygens (including phenoxy) is 1. The smallest absolute Gasteiger partial charge is 0.224 e. The molecule has 1 heterocycles. The average Bonchev–Trinajstić information content (AvgIpc) is 2.66. The van der Waals surface area contributed by atoms with E-state index in [0.29, 0.717) is 6.54 Å². The van der Waals surface area contributed by atoms with Crippen molar-refractivity contribution in [3.63, 3.8) is 0 Å². The number of carbonyl (C=O) groups is 1. The molecule has 1 N–H and O–H groups in total. The van der Waals surface area contributed by atoms with Crippen molar-refractivity contribution in [2.75, 3.05) is 26.0 Å². The van der Waals surface area contributed by atoms with Gasteiger partial charge in [0.2, 0.25) is 15.9 Å². The Balaban J connectivity index is 2.03. The molecule has 1 aromatic carbocycles. The number of rotatable bonds is 7. The average molecular weight is 368 g/mol. The Bertz CT molecular complexity index is 673. The number of sulfonamides is 1. The first kappa shape index (κ1) is 19.7. The van der Waals surface area contributed by atoms with Crippen LogP contribution in [0.4, 0.5) is 0 Å². The van der Waals surface area contributed by atoms with Gasteiger partial charge >= 0.3 is 0 Å². The number of methoxy groups -OCH3 is 1. The fourth-order valence-electron chi connectivity index (χ4n) is 3.14. The third kappa shape index (κ3) is 4.95. The molecule has 6 nitrogen and oxygen atoms in total. The number of hydrogen-bond acceptors (Lipinski definition) is 4. The van der Waals surface area contributed by atoms with E-state index in [4.69, 9.17) is 4.74 Å². The van der Waals surface area contributed by atoms with Crippen LogP contribution in [0.25, 0.3) is 0 Å². The molecule has 0 unspecified atom stereocenters. The lowest BCUT2D eigenvalue weighted by molar-refractivity contribution is -0.126. The zero-order chi connectivity index (χ0) is 18.4. The molecule has 1 amide bonds. The molecule has 7 heteroatoms. The fourth-order valence-corrected chi connectivity index (χ4v) is 4.32. The van der Waals surface area contributed by atoms with Crippen LogP contribution in [0.5, 0.6) is 5.75 Å². The minimum Gasteiger partial charge on any atom is -0.497 e. The predicted molar refractivity (Wildman–Crippen MR) is 97.9 cm³/mol. The van der Waals surface area contributed by atoms with Crippen molar-refractivity contribution >= 4 is 15.9 Å². The summed E-state index contributed by atoms with van der Waals surface area (Å²) in [5, 5.41) is 3.08. The number of carbonyl (C=O) groups excluding carboxylic acids is 1. The van der Waals surface area contributed by atoms with Gasteiger partial charge in [-0.1, -0.05) is 19.1 Å². The summed E-state index contributed by atoms with van der Waals surface area (Å²) >= 11 is 0. The Hall–Kier alpha value is -1.60. The molecule has 1 aliphatic heterocycles. The molecule has 0 saturated carbocycles. The van der Waals surface area contributed by atoms with Crippen LogP contribution in [-0.4, -0.2) is 44.6 Å². The van der Waals surface area contributed by atoms with E-state index in [2.05, 4.69) is 5.32 Å². The molecule has 1 saturated heterocycles. The van der Waals surface area contributed by atoms with Gasteiger partial charge in [0.1, 0.15) is 5.75 Å². The largest absolute Gasteiger partial charge is 0.497 e. The summed E-state index contributed by atoms with van der Waals surface area (Å²) in [6.07, 6.45) is 2.21. The standard InChI is InChI=1S/C18H28N2O4S/c1-4-17(14-8-10-16(24-3)11-9-14)19-18(21)15-7-6-12-20(13-15)25(22,23)5-2/h8-11,15,17H,4-7,12-13H2,1-3H3,(H,19,21)/t15-,17+/m1/s1. The number of amides is 1. The van der Waals surface area contributed by atoms with Crippen molar-refractivity contribution in [3.8, 4) is 5.75 Å². The Morgan fingerprint density at radius 3 is 2.56 bits per heavy atom. The van der Waals surface area contributed by atoms with Gasteiger partial charge in [-0.2, -0.15) is 0 Å². The molecule has 0 aromatic heterocycles. The lowest BCUT2D eigenvalue weighted by Crippen LogP contribution is -2.46. The Morgan fingerprint density at radius 2 is 2.00 bits per heavy atom. The van der Waals surface area contributed by atoms with E-state index in [-0.39, 0.29) is 30.2 Å². The maximum atomic E-state index is 12.7. The third-order valence-corrected chi connectivity index (χ3v) is 6.60. The summed E-state index contributed by atoms with van der Waals surface area (Å²) in [6.45, 7) is 4.44. The second-order valence-corrected chi connectivity index (χ2v) is 8.60. The van der Waals surface area contributed by atoms with Gasteiger partial charge in [-0.05, 0) is 43.9 Å². The maximum Gasteiger partial charge on any atom is 0.224 e. The first-order valence-electron chi connectivity index (χ1n) is 8.83. The normalized spacial score (nSPS) is 20.0. The van der Waals surface area contributed by atoms with Crippen molar-refractivity contribution in [1.82, 2.24) is 9.62 Å². The summed E-state index contributed by atoms with van der Waals surface area (Å²) in [6, 6.07) is 7.56.